The average Bonchev–Trinajstić information content (AvgIpc) is 3.29. The molecule has 1 aliphatic rings. The Hall–Kier alpha value is -3.92. The summed E-state index contributed by atoms with van der Waals surface area (Å²) in [5, 5.41) is 33.1. The fourth-order valence-electron chi connectivity index (χ4n) is 4.04. The lowest BCUT2D eigenvalue weighted by Crippen LogP contribution is -2.36. The molecule has 0 spiro atoms. The predicted molar refractivity (Wildman–Crippen MR) is 126 cm³/mol. The maximum atomic E-state index is 13.6. The van der Waals surface area contributed by atoms with Crippen molar-refractivity contribution in [3.05, 3.63) is 71.9 Å². The van der Waals surface area contributed by atoms with E-state index in [1.54, 1.807) is 16.8 Å². The lowest BCUT2D eigenvalue weighted by atomic mass is 10.1. The van der Waals surface area contributed by atoms with Crippen molar-refractivity contribution in [2.45, 2.75) is 28.7 Å². The van der Waals surface area contributed by atoms with Crippen molar-refractivity contribution in [2.75, 3.05) is 18.0 Å². The first-order chi connectivity index (χ1) is 16.6. The molecule has 0 atom stereocenters. The van der Waals surface area contributed by atoms with Gasteiger partial charge in [0.2, 0.25) is 0 Å². The van der Waals surface area contributed by atoms with Crippen molar-refractivity contribution in [1.82, 2.24) is 14.6 Å². The van der Waals surface area contributed by atoms with Crippen LogP contribution in [0, 0.1) is 28.5 Å². The van der Waals surface area contributed by atoms with Crippen LogP contribution in [0.25, 0.3) is 16.6 Å². The number of nitriles is 2. The maximum absolute atomic E-state index is 13.6. The summed E-state index contributed by atoms with van der Waals surface area (Å²) in [5.74, 6) is 0.387. The van der Waals surface area contributed by atoms with Gasteiger partial charge in [-0.25, -0.2) is 13.9 Å². The summed E-state index contributed by atoms with van der Waals surface area (Å²) in [6.45, 7) is 1.53. The van der Waals surface area contributed by atoms with Crippen LogP contribution in [0.5, 0.6) is 0 Å². The van der Waals surface area contributed by atoms with Crippen molar-refractivity contribution < 1.29 is 9.50 Å². The summed E-state index contributed by atoms with van der Waals surface area (Å²) in [6, 6.07) is 14.2. The normalized spacial score (nSPS) is 14.2. The quantitative estimate of drug-likeness (QED) is 0.472. The van der Waals surface area contributed by atoms with Gasteiger partial charge in [0.15, 0.2) is 0 Å². The number of pyridine rings is 2. The molecule has 1 aromatic carbocycles. The van der Waals surface area contributed by atoms with E-state index in [1.165, 1.54) is 30.1 Å². The number of aliphatic hydroxyl groups is 1. The van der Waals surface area contributed by atoms with Crippen LogP contribution in [0.4, 0.5) is 10.2 Å². The van der Waals surface area contributed by atoms with E-state index in [2.05, 4.69) is 21.1 Å². The molecule has 5 rings (SSSR count). The first-order valence-corrected chi connectivity index (χ1v) is 11.6. The van der Waals surface area contributed by atoms with Gasteiger partial charge in [-0.15, -0.1) is 0 Å². The molecule has 7 nitrogen and oxygen atoms in total. The fraction of sp³-hybridized carbons (Fsp3) is 0.200. The zero-order valence-corrected chi connectivity index (χ0v) is 18.8. The zero-order valence-electron chi connectivity index (χ0n) is 18.0. The Morgan fingerprint density at radius 1 is 0.971 bits per heavy atom. The number of hydrogen-bond acceptors (Lipinski definition) is 7. The highest BCUT2D eigenvalue weighted by molar-refractivity contribution is 7.99. The van der Waals surface area contributed by atoms with Crippen molar-refractivity contribution in [3.8, 4) is 23.3 Å². The summed E-state index contributed by atoms with van der Waals surface area (Å²) >= 11 is 1.29. The minimum absolute atomic E-state index is 0.226. The number of halogens is 1. The van der Waals surface area contributed by atoms with Crippen LogP contribution in [0.3, 0.4) is 0 Å². The zero-order chi connectivity index (χ0) is 23.7. The number of hydrogen-bond donors (Lipinski definition) is 1. The second-order valence-electron chi connectivity index (χ2n) is 8.03. The van der Waals surface area contributed by atoms with Crippen LogP contribution < -0.4 is 4.90 Å². The Balaban J connectivity index is 1.53. The lowest BCUT2D eigenvalue weighted by molar-refractivity contribution is 0.145. The molecule has 4 aromatic rings. The topological polar surface area (TPSA) is 101 Å². The molecule has 0 saturated carbocycles. The second-order valence-corrected chi connectivity index (χ2v) is 9.12. The van der Waals surface area contributed by atoms with Crippen LogP contribution in [0.15, 0.2) is 64.8 Å². The number of aromatic nitrogens is 3. The van der Waals surface area contributed by atoms with E-state index in [9.17, 15) is 20.0 Å². The van der Waals surface area contributed by atoms with Crippen molar-refractivity contribution in [1.29, 1.82) is 10.5 Å². The van der Waals surface area contributed by atoms with E-state index in [0.717, 1.165) is 47.8 Å². The molecule has 168 valence electrons. The van der Waals surface area contributed by atoms with Crippen LogP contribution in [0.1, 0.15) is 24.0 Å². The highest BCUT2D eigenvalue weighted by Crippen LogP contribution is 2.37. The molecule has 1 fully saturated rings. The molecule has 0 bridgehead atoms. The van der Waals surface area contributed by atoms with Crippen molar-refractivity contribution in [3.63, 3.8) is 0 Å². The van der Waals surface area contributed by atoms with Crippen molar-refractivity contribution >= 4 is 23.1 Å². The van der Waals surface area contributed by atoms with Gasteiger partial charge < -0.3 is 10.0 Å². The summed E-state index contributed by atoms with van der Waals surface area (Å²) in [5.41, 5.74) is 2.98. The van der Waals surface area contributed by atoms with E-state index in [-0.39, 0.29) is 11.7 Å². The van der Waals surface area contributed by atoms with Gasteiger partial charge in [0.05, 0.1) is 28.9 Å². The molecule has 0 amide bonds. The molecular formula is C25H19FN6OS. The third-order valence-electron chi connectivity index (χ3n) is 5.85. The van der Waals surface area contributed by atoms with Gasteiger partial charge in [0, 0.05) is 46.4 Å². The van der Waals surface area contributed by atoms with E-state index in [4.69, 9.17) is 0 Å². The number of anilines is 1. The van der Waals surface area contributed by atoms with Gasteiger partial charge >= 0.3 is 0 Å². The third kappa shape index (κ3) is 4.19. The van der Waals surface area contributed by atoms with Gasteiger partial charge in [-0.3, -0.25) is 0 Å². The minimum atomic E-state index is -0.476. The molecule has 34 heavy (non-hydrogen) atoms. The number of rotatable bonds is 4. The Morgan fingerprint density at radius 2 is 1.76 bits per heavy atom. The fourth-order valence-corrected chi connectivity index (χ4v) is 5.11. The van der Waals surface area contributed by atoms with Crippen LogP contribution in [0.2, 0.25) is 0 Å². The molecule has 0 aliphatic carbocycles. The van der Waals surface area contributed by atoms with Crippen LogP contribution in [-0.2, 0) is 0 Å². The molecule has 0 unspecified atom stereocenters. The average molecular weight is 471 g/mol. The van der Waals surface area contributed by atoms with E-state index in [1.807, 2.05) is 30.5 Å². The van der Waals surface area contributed by atoms with E-state index in [0.29, 0.717) is 16.0 Å². The minimum Gasteiger partial charge on any atom is -0.393 e. The molecule has 0 radical (unpaired) electrons. The van der Waals surface area contributed by atoms with Gasteiger partial charge in [-0.2, -0.15) is 15.6 Å². The summed E-state index contributed by atoms with van der Waals surface area (Å²) in [7, 11) is 0. The third-order valence-corrected chi connectivity index (χ3v) is 6.96. The van der Waals surface area contributed by atoms with Gasteiger partial charge in [-0.1, -0.05) is 11.8 Å². The van der Waals surface area contributed by atoms with Crippen LogP contribution >= 0.6 is 11.8 Å². The molecule has 4 heterocycles. The molecule has 1 N–H and O–H groups in total. The number of aliphatic hydroxyl groups excluding tert-OH is 1. The molecular weight excluding hydrogens is 451 g/mol. The second kappa shape index (κ2) is 9.14. The number of nitrogens with zero attached hydrogens (tertiary/aromatic N) is 6. The van der Waals surface area contributed by atoms with E-state index < -0.39 is 5.82 Å². The molecule has 1 aliphatic heterocycles. The van der Waals surface area contributed by atoms with Gasteiger partial charge in [0.1, 0.15) is 23.8 Å². The van der Waals surface area contributed by atoms with Gasteiger partial charge in [0.25, 0.3) is 0 Å². The molecule has 9 heteroatoms. The first-order valence-electron chi connectivity index (χ1n) is 10.7. The SMILES string of the molecule is N#Cc1cc(F)ccc1Sc1cc(-c2ccc(N3CCC(O)CC3)nc2)cn2ncc(C#N)c12. The first kappa shape index (κ1) is 21.9. The van der Waals surface area contributed by atoms with Crippen molar-refractivity contribution in [2.24, 2.45) is 0 Å². The number of benzene rings is 1. The summed E-state index contributed by atoms with van der Waals surface area (Å²) in [4.78, 5) is 8.10. The molecule has 1 saturated heterocycles. The smallest absolute Gasteiger partial charge is 0.128 e. The predicted octanol–water partition coefficient (Wildman–Crippen LogP) is 4.39. The monoisotopic (exact) mass is 470 g/mol. The molecule has 3 aromatic heterocycles. The number of piperidine rings is 1. The standard InChI is InChI=1S/C25H19FN6OS/c26-20-2-3-22(17(9-20)11-27)34-23-10-18(15-32-25(23)19(12-28)14-30-32)16-1-4-24(29-13-16)31-7-5-21(33)6-8-31/h1-4,9-10,13-15,21,33H,5-8H2. The Morgan fingerprint density at radius 3 is 2.47 bits per heavy atom. The summed E-state index contributed by atoms with van der Waals surface area (Å²) < 4.78 is 15.3. The maximum Gasteiger partial charge on any atom is 0.128 e. The van der Waals surface area contributed by atoms with Crippen LogP contribution in [-0.4, -0.2) is 38.9 Å². The Bertz CT molecular complexity index is 1450. The lowest BCUT2D eigenvalue weighted by Gasteiger charge is -2.30. The highest BCUT2D eigenvalue weighted by Gasteiger charge is 2.19. The van der Waals surface area contributed by atoms with E-state index >= 15 is 0 Å². The van der Waals surface area contributed by atoms with Gasteiger partial charge in [-0.05, 0) is 49.2 Å². The Labute approximate surface area is 199 Å². The highest BCUT2D eigenvalue weighted by atomic mass is 32.2. The Kier molecular flexibility index (Phi) is 5.89. The summed E-state index contributed by atoms with van der Waals surface area (Å²) in [6.07, 6.45) is 6.36. The largest absolute Gasteiger partial charge is 0.393 e. The number of fused-ring (bicyclic) bond motifs is 1.